The molecule has 2 saturated heterocycles. The van der Waals surface area contributed by atoms with Crippen molar-refractivity contribution in [2.45, 2.75) is 82.0 Å². The summed E-state index contributed by atoms with van der Waals surface area (Å²) in [6.07, 6.45) is 12.5. The monoisotopic (exact) mass is 322 g/mol. The minimum absolute atomic E-state index is 0.372. The van der Waals surface area contributed by atoms with Crippen LogP contribution in [-0.2, 0) is 9.47 Å². The number of hydrogen-bond donors (Lipinski definition) is 1. The van der Waals surface area contributed by atoms with Gasteiger partial charge in [0.15, 0.2) is 0 Å². The molecule has 132 valence electrons. The van der Waals surface area contributed by atoms with E-state index >= 15 is 0 Å². The summed E-state index contributed by atoms with van der Waals surface area (Å²) in [5.74, 6) is 0.855. The molecule has 0 aromatic rings. The normalized spacial score (nSPS) is 35.0. The molecule has 0 aromatic carbocycles. The van der Waals surface area contributed by atoms with E-state index in [4.69, 9.17) is 9.47 Å². The Hall–Kier alpha value is -0.160. The summed E-state index contributed by atoms with van der Waals surface area (Å²) in [4.78, 5) is 2.75. The molecule has 0 bridgehead atoms. The molecular weight excluding hydrogens is 288 g/mol. The Bertz CT molecular complexity index is 360. The standard InChI is InChI=1S/C19H34N2O2/c1-2-4-17(3-1)21-10-7-16(8-11-21)20-18-14-22-12-9-19(18)23-13-15-5-6-15/h15-20H,1-14H2/t18-,19+/m0/s1. The smallest absolute Gasteiger partial charge is 0.0772 e. The zero-order valence-corrected chi connectivity index (χ0v) is 14.5. The predicted molar refractivity (Wildman–Crippen MR) is 91.7 cm³/mol. The van der Waals surface area contributed by atoms with Crippen LogP contribution >= 0.6 is 0 Å². The molecule has 2 aliphatic carbocycles. The van der Waals surface area contributed by atoms with Crippen molar-refractivity contribution < 1.29 is 9.47 Å². The molecule has 1 N–H and O–H groups in total. The Morgan fingerprint density at radius 2 is 1.74 bits per heavy atom. The molecule has 0 aromatic heterocycles. The highest BCUT2D eigenvalue weighted by Gasteiger charge is 2.33. The maximum Gasteiger partial charge on any atom is 0.0772 e. The Kier molecular flexibility index (Phi) is 5.54. The van der Waals surface area contributed by atoms with E-state index in [-0.39, 0.29) is 0 Å². The molecule has 4 rings (SSSR count). The first-order chi connectivity index (χ1) is 11.4. The third kappa shape index (κ3) is 4.47. The van der Waals surface area contributed by atoms with Crippen molar-refractivity contribution in [3.05, 3.63) is 0 Å². The van der Waals surface area contributed by atoms with E-state index < -0.39 is 0 Å². The van der Waals surface area contributed by atoms with Crippen LogP contribution in [-0.4, -0.2) is 62.0 Å². The van der Waals surface area contributed by atoms with E-state index in [1.54, 1.807) is 0 Å². The van der Waals surface area contributed by atoms with Crippen LogP contribution in [0.5, 0.6) is 0 Å². The molecular formula is C19H34N2O2. The van der Waals surface area contributed by atoms with Crippen LogP contribution in [0.3, 0.4) is 0 Å². The van der Waals surface area contributed by atoms with Crippen molar-refractivity contribution in [2.24, 2.45) is 5.92 Å². The molecule has 0 radical (unpaired) electrons. The van der Waals surface area contributed by atoms with Crippen molar-refractivity contribution in [1.29, 1.82) is 0 Å². The highest BCUT2D eigenvalue weighted by Crippen LogP contribution is 2.30. The number of rotatable bonds is 6. The lowest BCUT2D eigenvalue weighted by Gasteiger charge is -2.40. The summed E-state index contributed by atoms with van der Waals surface area (Å²) < 4.78 is 11.9. The van der Waals surface area contributed by atoms with E-state index in [1.807, 2.05) is 0 Å². The SMILES string of the molecule is C1CCC(N2CCC(N[C@H]3COCC[C@H]3OCC3CC3)CC2)C1. The third-order valence-electron chi connectivity index (χ3n) is 6.36. The first kappa shape index (κ1) is 16.3. The van der Waals surface area contributed by atoms with Gasteiger partial charge in [-0.3, -0.25) is 0 Å². The van der Waals surface area contributed by atoms with Crippen molar-refractivity contribution in [3.63, 3.8) is 0 Å². The minimum atomic E-state index is 0.372. The fraction of sp³-hybridized carbons (Fsp3) is 1.00. The molecule has 2 aliphatic heterocycles. The third-order valence-corrected chi connectivity index (χ3v) is 6.36. The molecule has 4 heteroatoms. The van der Waals surface area contributed by atoms with Gasteiger partial charge in [0.2, 0.25) is 0 Å². The fourth-order valence-corrected chi connectivity index (χ4v) is 4.62. The Morgan fingerprint density at radius 3 is 2.48 bits per heavy atom. The number of likely N-dealkylation sites (tertiary alicyclic amines) is 1. The predicted octanol–water partition coefficient (Wildman–Crippen LogP) is 2.57. The van der Waals surface area contributed by atoms with E-state index in [1.165, 1.54) is 64.5 Å². The fourth-order valence-electron chi connectivity index (χ4n) is 4.62. The zero-order valence-electron chi connectivity index (χ0n) is 14.5. The second kappa shape index (κ2) is 7.81. The second-order valence-corrected chi connectivity index (χ2v) is 8.20. The average Bonchev–Trinajstić information content (AvgIpc) is 3.26. The molecule has 0 amide bonds. The summed E-state index contributed by atoms with van der Waals surface area (Å²) >= 11 is 0. The summed E-state index contributed by atoms with van der Waals surface area (Å²) in [5.41, 5.74) is 0. The van der Waals surface area contributed by atoms with E-state index in [0.29, 0.717) is 18.2 Å². The van der Waals surface area contributed by atoms with Crippen LogP contribution in [0.25, 0.3) is 0 Å². The molecule has 2 atom stereocenters. The Morgan fingerprint density at radius 1 is 0.957 bits per heavy atom. The van der Waals surface area contributed by atoms with Crippen LogP contribution < -0.4 is 5.32 Å². The van der Waals surface area contributed by atoms with Crippen molar-refractivity contribution >= 4 is 0 Å². The topological polar surface area (TPSA) is 33.7 Å². The number of ether oxygens (including phenoxy) is 2. The van der Waals surface area contributed by atoms with Gasteiger partial charge in [-0.25, -0.2) is 0 Å². The minimum Gasteiger partial charge on any atom is -0.380 e. The van der Waals surface area contributed by atoms with Crippen LogP contribution in [0.4, 0.5) is 0 Å². The van der Waals surface area contributed by atoms with Gasteiger partial charge in [-0.15, -0.1) is 0 Å². The molecule has 0 spiro atoms. The highest BCUT2D eigenvalue weighted by molar-refractivity contribution is 4.89. The molecule has 4 nitrogen and oxygen atoms in total. The molecule has 4 aliphatic rings. The van der Waals surface area contributed by atoms with Gasteiger partial charge >= 0.3 is 0 Å². The lowest BCUT2D eigenvalue weighted by atomic mass is 9.99. The first-order valence-corrected chi connectivity index (χ1v) is 10.1. The van der Waals surface area contributed by atoms with Gasteiger partial charge in [0.1, 0.15) is 0 Å². The maximum absolute atomic E-state index is 6.21. The van der Waals surface area contributed by atoms with Gasteiger partial charge in [-0.1, -0.05) is 12.8 Å². The largest absolute Gasteiger partial charge is 0.380 e. The number of nitrogens with one attached hydrogen (secondary N) is 1. The van der Waals surface area contributed by atoms with Crippen LogP contribution in [0.1, 0.15) is 57.8 Å². The van der Waals surface area contributed by atoms with E-state index in [2.05, 4.69) is 10.2 Å². The molecule has 0 unspecified atom stereocenters. The Balaban J connectivity index is 1.22. The summed E-state index contributed by atoms with van der Waals surface area (Å²) in [7, 11) is 0. The van der Waals surface area contributed by atoms with Gasteiger partial charge in [-0.05, 0) is 64.0 Å². The number of nitrogens with zero attached hydrogens (tertiary/aromatic N) is 1. The number of hydrogen-bond acceptors (Lipinski definition) is 4. The van der Waals surface area contributed by atoms with Gasteiger partial charge < -0.3 is 19.7 Å². The van der Waals surface area contributed by atoms with E-state index in [0.717, 1.165) is 38.2 Å². The Labute approximate surface area is 141 Å². The molecule has 2 heterocycles. The van der Waals surface area contributed by atoms with Crippen LogP contribution in [0.15, 0.2) is 0 Å². The molecule has 2 saturated carbocycles. The summed E-state index contributed by atoms with van der Waals surface area (Å²) in [6, 6.07) is 1.96. The van der Waals surface area contributed by atoms with Gasteiger partial charge in [0.25, 0.3) is 0 Å². The summed E-state index contributed by atoms with van der Waals surface area (Å²) in [5, 5.41) is 3.89. The van der Waals surface area contributed by atoms with Crippen LogP contribution in [0.2, 0.25) is 0 Å². The van der Waals surface area contributed by atoms with Gasteiger partial charge in [0.05, 0.1) is 18.8 Å². The first-order valence-electron chi connectivity index (χ1n) is 10.1. The molecule has 23 heavy (non-hydrogen) atoms. The highest BCUT2D eigenvalue weighted by atomic mass is 16.5. The lowest BCUT2D eigenvalue weighted by Crippen LogP contribution is -2.55. The van der Waals surface area contributed by atoms with Crippen molar-refractivity contribution in [2.75, 3.05) is 32.9 Å². The molecule has 4 fully saturated rings. The second-order valence-electron chi connectivity index (χ2n) is 8.20. The van der Waals surface area contributed by atoms with Gasteiger partial charge in [-0.2, -0.15) is 0 Å². The average molecular weight is 322 g/mol. The van der Waals surface area contributed by atoms with Crippen molar-refractivity contribution in [3.8, 4) is 0 Å². The lowest BCUT2D eigenvalue weighted by molar-refractivity contribution is -0.0632. The quantitative estimate of drug-likeness (QED) is 0.815. The van der Waals surface area contributed by atoms with Gasteiger partial charge in [0, 0.05) is 25.3 Å². The maximum atomic E-state index is 6.21. The van der Waals surface area contributed by atoms with E-state index in [9.17, 15) is 0 Å². The zero-order chi connectivity index (χ0) is 15.5. The van der Waals surface area contributed by atoms with Crippen molar-refractivity contribution in [1.82, 2.24) is 10.2 Å². The number of piperidine rings is 1. The summed E-state index contributed by atoms with van der Waals surface area (Å²) in [6.45, 7) is 5.24. The van der Waals surface area contributed by atoms with Crippen LogP contribution in [0, 0.1) is 5.92 Å².